The lowest BCUT2D eigenvalue weighted by molar-refractivity contribution is 0.524. The largest absolute Gasteiger partial charge is 0.457 e. The molecule has 0 aliphatic carbocycles. The van der Waals surface area contributed by atoms with Crippen molar-refractivity contribution in [2.75, 3.05) is 13.1 Å². The lowest BCUT2D eigenvalue weighted by Gasteiger charge is -2.08. The fraction of sp³-hybridized carbons (Fsp3) is 0.222. The minimum Gasteiger partial charge on any atom is -0.457 e. The molecule has 0 spiro atoms. The molecule has 0 atom stereocenters. The van der Waals surface area contributed by atoms with E-state index in [-0.39, 0.29) is 24.0 Å². The first-order chi connectivity index (χ1) is 11.8. The number of hydrogen-bond donors (Lipinski definition) is 2. The van der Waals surface area contributed by atoms with Crippen molar-refractivity contribution in [2.45, 2.75) is 13.5 Å². The number of thiazole rings is 1. The first-order valence-electron chi connectivity index (χ1n) is 7.88. The van der Waals surface area contributed by atoms with Gasteiger partial charge in [-0.15, -0.1) is 41.9 Å². The number of para-hydroxylation sites is 1. The van der Waals surface area contributed by atoms with E-state index in [9.17, 15) is 0 Å². The minimum absolute atomic E-state index is 0. The SMILES string of the molecule is C=CCNC(=NCc1ccc(-c2nc3ccccc3s2)o1)NCC.I. The summed E-state index contributed by atoms with van der Waals surface area (Å²) in [7, 11) is 0. The lowest BCUT2D eigenvalue weighted by atomic mass is 10.3. The maximum atomic E-state index is 5.90. The second kappa shape index (κ2) is 9.57. The maximum Gasteiger partial charge on any atom is 0.191 e. The first-order valence-corrected chi connectivity index (χ1v) is 8.69. The summed E-state index contributed by atoms with van der Waals surface area (Å²) < 4.78 is 7.06. The second-order valence-corrected chi connectivity index (χ2v) is 6.15. The Morgan fingerprint density at radius 2 is 2.12 bits per heavy atom. The summed E-state index contributed by atoms with van der Waals surface area (Å²) >= 11 is 1.63. The molecule has 2 heterocycles. The van der Waals surface area contributed by atoms with Crippen LogP contribution < -0.4 is 10.6 Å². The summed E-state index contributed by atoms with van der Waals surface area (Å²) in [4.78, 5) is 9.12. The average molecular weight is 468 g/mol. The zero-order valence-corrected chi connectivity index (χ0v) is 17.1. The lowest BCUT2D eigenvalue weighted by Crippen LogP contribution is -2.37. The smallest absolute Gasteiger partial charge is 0.191 e. The highest BCUT2D eigenvalue weighted by molar-refractivity contribution is 14.0. The molecule has 2 N–H and O–H groups in total. The van der Waals surface area contributed by atoms with Crippen molar-refractivity contribution in [2.24, 2.45) is 4.99 Å². The van der Waals surface area contributed by atoms with Gasteiger partial charge < -0.3 is 15.1 Å². The van der Waals surface area contributed by atoms with Gasteiger partial charge in [0.1, 0.15) is 12.3 Å². The van der Waals surface area contributed by atoms with Crippen LogP contribution in [-0.2, 0) is 6.54 Å². The van der Waals surface area contributed by atoms with Gasteiger partial charge in [0.2, 0.25) is 0 Å². The molecule has 7 heteroatoms. The molecule has 2 aromatic heterocycles. The molecule has 3 aromatic rings. The fourth-order valence-electron chi connectivity index (χ4n) is 2.22. The van der Waals surface area contributed by atoms with Crippen LogP contribution in [-0.4, -0.2) is 24.0 Å². The molecule has 1 aromatic carbocycles. The average Bonchev–Trinajstić information content (AvgIpc) is 3.23. The number of hydrogen-bond acceptors (Lipinski definition) is 4. The van der Waals surface area contributed by atoms with Gasteiger partial charge in [-0.05, 0) is 31.2 Å². The molecule has 0 unspecified atom stereocenters. The number of furan rings is 1. The van der Waals surface area contributed by atoms with Crippen molar-refractivity contribution >= 4 is 51.5 Å². The summed E-state index contributed by atoms with van der Waals surface area (Å²) in [6.45, 7) is 7.67. The van der Waals surface area contributed by atoms with Gasteiger partial charge in [0.15, 0.2) is 16.7 Å². The molecule has 0 amide bonds. The Bertz CT molecular complexity index is 823. The normalized spacial score (nSPS) is 11.2. The molecule has 0 fully saturated rings. The minimum atomic E-state index is 0. The van der Waals surface area contributed by atoms with Crippen LogP contribution in [0.25, 0.3) is 21.0 Å². The Morgan fingerprint density at radius 1 is 1.28 bits per heavy atom. The Balaban J connectivity index is 0.00000225. The predicted octanol–water partition coefficient (Wildman–Crippen LogP) is 4.42. The number of halogens is 1. The monoisotopic (exact) mass is 468 g/mol. The van der Waals surface area contributed by atoms with Crippen molar-refractivity contribution < 1.29 is 4.42 Å². The Morgan fingerprint density at radius 3 is 2.88 bits per heavy atom. The topological polar surface area (TPSA) is 62.5 Å². The van der Waals surface area contributed by atoms with E-state index in [1.807, 2.05) is 37.3 Å². The van der Waals surface area contributed by atoms with E-state index in [1.165, 1.54) is 0 Å². The van der Waals surface area contributed by atoms with Crippen LogP contribution in [0.2, 0.25) is 0 Å². The fourth-order valence-corrected chi connectivity index (χ4v) is 3.15. The van der Waals surface area contributed by atoms with Crippen LogP contribution in [0.4, 0.5) is 0 Å². The van der Waals surface area contributed by atoms with E-state index in [0.29, 0.717) is 13.1 Å². The molecule has 0 saturated heterocycles. The van der Waals surface area contributed by atoms with E-state index in [0.717, 1.165) is 39.2 Å². The number of nitrogens with one attached hydrogen (secondary N) is 2. The first kappa shape index (κ1) is 19.5. The highest BCUT2D eigenvalue weighted by Gasteiger charge is 2.10. The van der Waals surface area contributed by atoms with Crippen LogP contribution in [0.1, 0.15) is 12.7 Å². The van der Waals surface area contributed by atoms with Gasteiger partial charge in [-0.25, -0.2) is 9.98 Å². The number of rotatable bonds is 6. The van der Waals surface area contributed by atoms with Gasteiger partial charge in [-0.3, -0.25) is 0 Å². The summed E-state index contributed by atoms with van der Waals surface area (Å²) in [6.07, 6.45) is 1.80. The highest BCUT2D eigenvalue weighted by Crippen LogP contribution is 2.31. The molecule has 3 rings (SSSR count). The summed E-state index contributed by atoms with van der Waals surface area (Å²) in [6, 6.07) is 12.0. The molecular weight excluding hydrogens is 447 g/mol. The predicted molar refractivity (Wildman–Crippen MR) is 116 cm³/mol. The summed E-state index contributed by atoms with van der Waals surface area (Å²) in [5, 5.41) is 7.24. The van der Waals surface area contributed by atoms with Crippen molar-refractivity contribution in [3.05, 3.63) is 54.8 Å². The van der Waals surface area contributed by atoms with Crippen molar-refractivity contribution in [1.82, 2.24) is 15.6 Å². The number of guanidine groups is 1. The standard InChI is InChI=1S/C18H20N4OS.HI/c1-3-11-20-18(19-4-2)21-12-13-9-10-15(23-13)17-22-14-7-5-6-8-16(14)24-17;/h3,5-10H,1,4,11-12H2,2H3,(H2,19,20,21);1H. The van der Waals surface area contributed by atoms with Crippen LogP contribution in [0.5, 0.6) is 0 Å². The highest BCUT2D eigenvalue weighted by atomic mass is 127. The Hall–Kier alpha value is -1.87. The molecule has 25 heavy (non-hydrogen) atoms. The summed E-state index contributed by atoms with van der Waals surface area (Å²) in [5.74, 6) is 2.33. The zero-order valence-electron chi connectivity index (χ0n) is 14.0. The van der Waals surface area contributed by atoms with Gasteiger partial charge in [0.05, 0.1) is 10.2 Å². The molecule has 0 radical (unpaired) electrons. The molecule has 0 aliphatic rings. The quantitative estimate of drug-likeness (QED) is 0.244. The van der Waals surface area contributed by atoms with Crippen molar-refractivity contribution in [3.8, 4) is 10.8 Å². The van der Waals surface area contributed by atoms with E-state index in [4.69, 9.17) is 4.42 Å². The van der Waals surface area contributed by atoms with E-state index in [2.05, 4.69) is 33.3 Å². The molecule has 0 bridgehead atoms. The van der Waals surface area contributed by atoms with Gasteiger partial charge in [0, 0.05) is 13.1 Å². The Kier molecular flexibility index (Phi) is 7.45. The van der Waals surface area contributed by atoms with Crippen LogP contribution in [0.15, 0.2) is 58.5 Å². The van der Waals surface area contributed by atoms with Crippen LogP contribution in [0, 0.1) is 0 Å². The molecule has 0 aliphatic heterocycles. The number of nitrogens with zero attached hydrogens (tertiary/aromatic N) is 2. The molecule has 0 saturated carbocycles. The number of fused-ring (bicyclic) bond motifs is 1. The van der Waals surface area contributed by atoms with Gasteiger partial charge in [-0.1, -0.05) is 18.2 Å². The number of benzene rings is 1. The third-order valence-electron chi connectivity index (χ3n) is 3.32. The molecular formula is C18H21IN4OS. The van der Waals surface area contributed by atoms with Gasteiger partial charge in [-0.2, -0.15) is 0 Å². The Labute approximate surface area is 168 Å². The van der Waals surface area contributed by atoms with Crippen molar-refractivity contribution in [1.29, 1.82) is 0 Å². The van der Waals surface area contributed by atoms with E-state index >= 15 is 0 Å². The zero-order chi connectivity index (χ0) is 16.8. The van der Waals surface area contributed by atoms with E-state index in [1.54, 1.807) is 17.4 Å². The van der Waals surface area contributed by atoms with Crippen LogP contribution >= 0.6 is 35.3 Å². The maximum absolute atomic E-state index is 5.90. The molecule has 132 valence electrons. The third-order valence-corrected chi connectivity index (χ3v) is 4.37. The number of aromatic nitrogens is 1. The van der Waals surface area contributed by atoms with E-state index < -0.39 is 0 Å². The van der Waals surface area contributed by atoms with Crippen LogP contribution in [0.3, 0.4) is 0 Å². The third kappa shape index (κ3) is 5.05. The summed E-state index contributed by atoms with van der Waals surface area (Å²) in [5.41, 5.74) is 0.997. The van der Waals surface area contributed by atoms with Gasteiger partial charge >= 0.3 is 0 Å². The van der Waals surface area contributed by atoms with Gasteiger partial charge in [0.25, 0.3) is 0 Å². The molecule has 5 nitrogen and oxygen atoms in total. The second-order valence-electron chi connectivity index (χ2n) is 5.12. The van der Waals surface area contributed by atoms with Crippen molar-refractivity contribution in [3.63, 3.8) is 0 Å². The number of aliphatic imine (C=N–C) groups is 1.